The minimum absolute atomic E-state index is 0.0947. The largest absolute Gasteiger partial charge is 0.481 e. The van der Waals surface area contributed by atoms with Crippen LogP contribution in [0.15, 0.2) is 66.7 Å². The Morgan fingerprint density at radius 2 is 1.69 bits per heavy atom. The number of carbonyl (C=O) groups is 1. The number of rotatable bonds is 10. The summed E-state index contributed by atoms with van der Waals surface area (Å²) in [5, 5.41) is 8.83. The molecule has 2 atom stereocenters. The molecular formula is C24H30O2. The molecule has 2 aromatic rings. The molecule has 26 heavy (non-hydrogen) atoms. The predicted octanol–water partition coefficient (Wildman–Crippen LogP) is 6.34. The molecule has 2 aromatic carbocycles. The summed E-state index contributed by atoms with van der Waals surface area (Å²) in [5.74, 6) is 0.304. The van der Waals surface area contributed by atoms with Crippen molar-refractivity contribution < 1.29 is 9.90 Å². The van der Waals surface area contributed by atoms with Crippen molar-refractivity contribution in [2.75, 3.05) is 0 Å². The zero-order valence-corrected chi connectivity index (χ0v) is 15.9. The van der Waals surface area contributed by atoms with E-state index in [2.05, 4.69) is 68.5 Å². The summed E-state index contributed by atoms with van der Waals surface area (Å²) in [4.78, 5) is 10.7. The summed E-state index contributed by atoms with van der Waals surface area (Å²) in [7, 11) is 0. The van der Waals surface area contributed by atoms with Crippen LogP contribution in [0.3, 0.4) is 0 Å². The third-order valence-corrected chi connectivity index (χ3v) is 5.02. The van der Waals surface area contributed by atoms with E-state index < -0.39 is 5.97 Å². The summed E-state index contributed by atoms with van der Waals surface area (Å²) in [6, 6.07) is 18.7. The molecule has 0 bridgehead atoms. The molecule has 0 fully saturated rings. The Kier molecular flexibility index (Phi) is 8.14. The second-order valence-corrected chi connectivity index (χ2v) is 7.01. The van der Waals surface area contributed by atoms with E-state index in [9.17, 15) is 4.79 Å². The Labute approximate surface area is 157 Å². The van der Waals surface area contributed by atoms with Crippen molar-refractivity contribution in [1.82, 2.24) is 0 Å². The van der Waals surface area contributed by atoms with Gasteiger partial charge in [-0.2, -0.15) is 0 Å². The van der Waals surface area contributed by atoms with Gasteiger partial charge >= 0.3 is 5.97 Å². The van der Waals surface area contributed by atoms with Crippen LogP contribution in [0.5, 0.6) is 0 Å². The van der Waals surface area contributed by atoms with Crippen molar-refractivity contribution in [3.8, 4) is 0 Å². The minimum Gasteiger partial charge on any atom is -0.481 e. The number of benzene rings is 2. The highest BCUT2D eigenvalue weighted by atomic mass is 16.4. The van der Waals surface area contributed by atoms with Gasteiger partial charge in [-0.05, 0) is 54.2 Å². The van der Waals surface area contributed by atoms with Gasteiger partial charge in [-0.3, -0.25) is 4.79 Å². The Morgan fingerprint density at radius 1 is 1.00 bits per heavy atom. The predicted molar refractivity (Wildman–Crippen MR) is 109 cm³/mol. The lowest BCUT2D eigenvalue weighted by Crippen LogP contribution is -2.00. The van der Waals surface area contributed by atoms with Gasteiger partial charge in [0.2, 0.25) is 0 Å². The lowest BCUT2D eigenvalue weighted by Gasteiger charge is -2.13. The molecule has 2 heteroatoms. The first-order valence-corrected chi connectivity index (χ1v) is 9.60. The molecule has 0 saturated carbocycles. The van der Waals surface area contributed by atoms with Gasteiger partial charge in [0.1, 0.15) is 0 Å². The molecular weight excluding hydrogens is 320 g/mol. The van der Waals surface area contributed by atoms with Gasteiger partial charge in [0, 0.05) is 0 Å². The van der Waals surface area contributed by atoms with E-state index in [0.29, 0.717) is 11.8 Å². The average molecular weight is 351 g/mol. The van der Waals surface area contributed by atoms with Gasteiger partial charge in [-0.1, -0.05) is 80.6 Å². The molecule has 0 aliphatic carbocycles. The molecule has 0 aromatic heterocycles. The van der Waals surface area contributed by atoms with E-state index in [-0.39, 0.29) is 6.42 Å². The quantitative estimate of drug-likeness (QED) is 0.508. The standard InChI is InChI=1S/C24H30O2/c1-3-21(23-12-8-5-9-13-23)11-7-4-6-10-19(2)22-16-14-20(15-17-22)18-24(25)26/h4-5,7-9,12-17,19,21H,3,6,10-11,18H2,1-2H3,(H,25,26)/b7-4+. The maximum absolute atomic E-state index is 10.7. The van der Waals surface area contributed by atoms with Crippen molar-refractivity contribution in [2.45, 2.75) is 57.8 Å². The normalized spacial score (nSPS) is 13.6. The fourth-order valence-corrected chi connectivity index (χ4v) is 3.29. The second kappa shape index (κ2) is 10.6. The molecule has 0 aliphatic heterocycles. The van der Waals surface area contributed by atoms with Gasteiger partial charge in [0.05, 0.1) is 6.42 Å². The van der Waals surface area contributed by atoms with Crippen molar-refractivity contribution >= 4 is 5.97 Å². The zero-order valence-electron chi connectivity index (χ0n) is 15.9. The Hall–Kier alpha value is -2.35. The Balaban J connectivity index is 1.77. The minimum atomic E-state index is -0.781. The van der Waals surface area contributed by atoms with Crippen molar-refractivity contribution in [1.29, 1.82) is 0 Å². The van der Waals surface area contributed by atoms with E-state index >= 15 is 0 Å². The first-order chi connectivity index (χ1) is 12.6. The zero-order chi connectivity index (χ0) is 18.8. The lowest BCUT2D eigenvalue weighted by molar-refractivity contribution is -0.136. The fraction of sp³-hybridized carbons (Fsp3) is 0.375. The summed E-state index contributed by atoms with van der Waals surface area (Å²) in [5.41, 5.74) is 3.57. The molecule has 2 rings (SSSR count). The van der Waals surface area contributed by atoms with Crippen LogP contribution < -0.4 is 0 Å². The average Bonchev–Trinajstić information content (AvgIpc) is 2.65. The molecule has 0 saturated heterocycles. The summed E-state index contributed by atoms with van der Waals surface area (Å²) >= 11 is 0. The Morgan fingerprint density at radius 3 is 2.31 bits per heavy atom. The van der Waals surface area contributed by atoms with Crippen molar-refractivity contribution in [3.05, 3.63) is 83.4 Å². The molecule has 138 valence electrons. The number of allylic oxidation sites excluding steroid dienone is 2. The molecule has 0 heterocycles. The van der Waals surface area contributed by atoms with Crippen LogP contribution >= 0.6 is 0 Å². The summed E-state index contributed by atoms with van der Waals surface area (Å²) in [6.07, 6.45) is 9.16. The van der Waals surface area contributed by atoms with Crippen LogP contribution in [0.2, 0.25) is 0 Å². The smallest absolute Gasteiger partial charge is 0.307 e. The third-order valence-electron chi connectivity index (χ3n) is 5.02. The molecule has 2 unspecified atom stereocenters. The first-order valence-electron chi connectivity index (χ1n) is 9.60. The Bertz CT molecular complexity index is 686. The van der Waals surface area contributed by atoms with Crippen LogP contribution in [0.1, 0.15) is 68.1 Å². The maximum atomic E-state index is 10.7. The number of carboxylic acid groups (broad SMARTS) is 1. The van der Waals surface area contributed by atoms with Crippen LogP contribution in [-0.2, 0) is 11.2 Å². The van der Waals surface area contributed by atoms with Gasteiger partial charge in [-0.25, -0.2) is 0 Å². The van der Waals surface area contributed by atoms with E-state index in [1.165, 1.54) is 11.1 Å². The van der Waals surface area contributed by atoms with Crippen LogP contribution in [0.25, 0.3) is 0 Å². The molecule has 2 nitrogen and oxygen atoms in total. The van der Waals surface area contributed by atoms with Crippen LogP contribution in [0, 0.1) is 0 Å². The molecule has 0 amide bonds. The lowest BCUT2D eigenvalue weighted by atomic mass is 9.92. The highest BCUT2D eigenvalue weighted by molar-refractivity contribution is 5.70. The van der Waals surface area contributed by atoms with E-state index in [1.807, 2.05) is 12.1 Å². The number of aliphatic carboxylic acids is 1. The van der Waals surface area contributed by atoms with Gasteiger partial charge in [-0.15, -0.1) is 0 Å². The van der Waals surface area contributed by atoms with Crippen molar-refractivity contribution in [2.24, 2.45) is 0 Å². The molecule has 1 N–H and O–H groups in total. The molecule has 0 spiro atoms. The van der Waals surface area contributed by atoms with E-state index in [0.717, 1.165) is 31.2 Å². The van der Waals surface area contributed by atoms with Gasteiger partial charge < -0.3 is 5.11 Å². The number of hydrogen-bond donors (Lipinski definition) is 1. The third kappa shape index (κ3) is 6.51. The van der Waals surface area contributed by atoms with E-state index in [1.54, 1.807) is 0 Å². The van der Waals surface area contributed by atoms with Gasteiger partial charge in [0.15, 0.2) is 0 Å². The van der Waals surface area contributed by atoms with Crippen LogP contribution in [-0.4, -0.2) is 11.1 Å². The summed E-state index contributed by atoms with van der Waals surface area (Å²) < 4.78 is 0. The number of hydrogen-bond acceptors (Lipinski definition) is 1. The topological polar surface area (TPSA) is 37.3 Å². The maximum Gasteiger partial charge on any atom is 0.307 e. The molecule has 0 aliphatic rings. The summed E-state index contributed by atoms with van der Waals surface area (Å²) in [6.45, 7) is 4.49. The van der Waals surface area contributed by atoms with Crippen LogP contribution in [0.4, 0.5) is 0 Å². The number of carboxylic acids is 1. The highest BCUT2D eigenvalue weighted by Gasteiger charge is 2.07. The highest BCUT2D eigenvalue weighted by Crippen LogP contribution is 2.24. The second-order valence-electron chi connectivity index (χ2n) is 7.01. The fourth-order valence-electron chi connectivity index (χ4n) is 3.29. The van der Waals surface area contributed by atoms with Gasteiger partial charge in [0.25, 0.3) is 0 Å². The molecule has 0 radical (unpaired) electrons. The first kappa shape index (κ1) is 20.0. The monoisotopic (exact) mass is 350 g/mol. The SMILES string of the molecule is CCC(C/C=C/CCC(C)c1ccc(CC(=O)O)cc1)c1ccccc1. The van der Waals surface area contributed by atoms with E-state index in [4.69, 9.17) is 5.11 Å². The van der Waals surface area contributed by atoms with Crippen molar-refractivity contribution in [3.63, 3.8) is 0 Å².